The van der Waals surface area contributed by atoms with E-state index in [4.69, 9.17) is 10.00 Å². The lowest BCUT2D eigenvalue weighted by molar-refractivity contribution is -0.00340. The van der Waals surface area contributed by atoms with Crippen LogP contribution < -0.4 is 0 Å². The van der Waals surface area contributed by atoms with E-state index in [1.807, 2.05) is 0 Å². The molecule has 0 amide bonds. The average Bonchev–Trinajstić information content (AvgIpc) is 2.78. The minimum absolute atomic E-state index is 0.231. The van der Waals surface area contributed by atoms with E-state index < -0.39 is 5.83 Å². The van der Waals surface area contributed by atoms with Gasteiger partial charge in [-0.1, -0.05) is 37.6 Å². The highest BCUT2D eigenvalue weighted by Gasteiger charge is 2.25. The molecule has 0 bridgehead atoms. The third-order valence-electron chi connectivity index (χ3n) is 6.89. The SMILES string of the molecule is CCCCc1ccc(C2CCC(OCC3CCC(/C=C(/F)C#N)CC3)CC2)cc1. The Kier molecular flexibility index (Phi) is 8.74. The molecule has 0 aliphatic heterocycles. The van der Waals surface area contributed by atoms with Crippen LogP contribution in [0, 0.1) is 23.2 Å². The van der Waals surface area contributed by atoms with E-state index in [0.29, 0.717) is 17.9 Å². The normalized spacial score (nSPS) is 28.1. The maximum atomic E-state index is 13.1. The second kappa shape index (κ2) is 11.5. The van der Waals surface area contributed by atoms with E-state index in [9.17, 15) is 4.39 Å². The molecule has 0 radical (unpaired) electrons. The summed E-state index contributed by atoms with van der Waals surface area (Å²) < 4.78 is 19.4. The number of allylic oxidation sites excluding steroid dienone is 2. The van der Waals surface area contributed by atoms with Crippen molar-refractivity contribution in [2.75, 3.05) is 6.61 Å². The van der Waals surface area contributed by atoms with Gasteiger partial charge in [0.25, 0.3) is 0 Å². The summed E-state index contributed by atoms with van der Waals surface area (Å²) in [7, 11) is 0. The molecule has 0 spiro atoms. The van der Waals surface area contributed by atoms with Gasteiger partial charge in [0.2, 0.25) is 0 Å². The molecule has 0 aromatic heterocycles. The van der Waals surface area contributed by atoms with Crippen LogP contribution in [0.15, 0.2) is 36.2 Å². The number of rotatable bonds is 8. The molecule has 2 aliphatic rings. The first kappa shape index (κ1) is 22.0. The van der Waals surface area contributed by atoms with Gasteiger partial charge in [-0.15, -0.1) is 0 Å². The number of ether oxygens (including phenoxy) is 1. The van der Waals surface area contributed by atoms with Gasteiger partial charge in [0.1, 0.15) is 6.07 Å². The van der Waals surface area contributed by atoms with Crippen molar-refractivity contribution in [3.8, 4) is 6.07 Å². The van der Waals surface area contributed by atoms with Gasteiger partial charge in [0.05, 0.1) is 6.10 Å². The van der Waals surface area contributed by atoms with Crippen molar-refractivity contribution in [3.63, 3.8) is 0 Å². The maximum absolute atomic E-state index is 13.1. The van der Waals surface area contributed by atoms with Crippen molar-refractivity contribution in [2.45, 2.75) is 89.6 Å². The van der Waals surface area contributed by atoms with E-state index in [0.717, 1.165) is 45.1 Å². The molecule has 2 nitrogen and oxygen atoms in total. The maximum Gasteiger partial charge on any atom is 0.196 e. The number of unbranched alkanes of at least 4 members (excludes halogenated alkanes) is 1. The first-order valence-corrected chi connectivity index (χ1v) is 11.7. The lowest BCUT2D eigenvalue weighted by Crippen LogP contribution is -2.25. The zero-order valence-corrected chi connectivity index (χ0v) is 17.9. The van der Waals surface area contributed by atoms with E-state index >= 15 is 0 Å². The number of halogens is 1. The summed E-state index contributed by atoms with van der Waals surface area (Å²) >= 11 is 0. The predicted octanol–water partition coefficient (Wildman–Crippen LogP) is 7.26. The van der Waals surface area contributed by atoms with Gasteiger partial charge in [-0.2, -0.15) is 9.65 Å². The van der Waals surface area contributed by atoms with Gasteiger partial charge in [-0.05, 0) is 99.2 Å². The molecule has 2 saturated carbocycles. The van der Waals surface area contributed by atoms with Gasteiger partial charge in [0.15, 0.2) is 5.83 Å². The summed E-state index contributed by atoms with van der Waals surface area (Å²) in [4.78, 5) is 0. The van der Waals surface area contributed by atoms with Crippen molar-refractivity contribution in [2.24, 2.45) is 11.8 Å². The van der Waals surface area contributed by atoms with Crippen molar-refractivity contribution >= 4 is 0 Å². The number of nitriles is 1. The molecule has 1 aromatic rings. The molecule has 2 fully saturated rings. The first-order valence-electron chi connectivity index (χ1n) is 11.7. The Bertz CT molecular complexity index is 674. The third kappa shape index (κ3) is 6.96. The van der Waals surface area contributed by atoms with Crippen molar-refractivity contribution in [3.05, 3.63) is 47.3 Å². The standard InChI is InChI=1S/C26H36FNO/c1-2-3-4-20-9-11-23(12-10-20)24-13-15-26(16-14-24)29-19-22-7-5-21(6-8-22)17-25(27)18-28/h9-12,17,21-22,24,26H,2-8,13-16,19H2,1H3/b25-17+. The molecule has 0 heterocycles. The average molecular weight is 398 g/mol. The van der Waals surface area contributed by atoms with Gasteiger partial charge < -0.3 is 4.74 Å². The fourth-order valence-corrected chi connectivity index (χ4v) is 4.94. The Balaban J connectivity index is 1.35. The molecule has 0 saturated heterocycles. The second-order valence-corrected chi connectivity index (χ2v) is 9.06. The number of nitrogens with zero attached hydrogens (tertiary/aromatic N) is 1. The molecule has 0 N–H and O–H groups in total. The Morgan fingerprint density at radius 2 is 1.76 bits per heavy atom. The predicted molar refractivity (Wildman–Crippen MR) is 116 cm³/mol. The van der Waals surface area contributed by atoms with E-state index in [1.54, 1.807) is 6.07 Å². The van der Waals surface area contributed by atoms with Crippen LogP contribution in [0.1, 0.15) is 88.2 Å². The Morgan fingerprint density at radius 1 is 1.07 bits per heavy atom. The lowest BCUT2D eigenvalue weighted by atomic mass is 9.81. The summed E-state index contributed by atoms with van der Waals surface area (Å²) in [6, 6.07) is 10.9. The summed E-state index contributed by atoms with van der Waals surface area (Å²) in [6.45, 7) is 3.09. The van der Waals surface area contributed by atoms with Crippen LogP contribution in [0.3, 0.4) is 0 Å². The zero-order valence-electron chi connectivity index (χ0n) is 17.9. The molecule has 3 heteroatoms. The van der Waals surface area contributed by atoms with Crippen LogP contribution >= 0.6 is 0 Å². The molecule has 2 aliphatic carbocycles. The highest BCUT2D eigenvalue weighted by atomic mass is 19.1. The highest BCUT2D eigenvalue weighted by Crippen LogP contribution is 2.36. The number of aryl methyl sites for hydroxylation is 1. The Morgan fingerprint density at radius 3 is 2.38 bits per heavy atom. The van der Waals surface area contributed by atoms with E-state index in [1.165, 1.54) is 49.3 Å². The van der Waals surface area contributed by atoms with Crippen molar-refractivity contribution < 1.29 is 9.13 Å². The molecule has 0 unspecified atom stereocenters. The molecular formula is C26H36FNO. The zero-order chi connectivity index (χ0) is 20.5. The Hall–Kier alpha value is -1.66. The van der Waals surface area contributed by atoms with Crippen molar-refractivity contribution in [1.82, 2.24) is 0 Å². The molecule has 29 heavy (non-hydrogen) atoms. The van der Waals surface area contributed by atoms with Gasteiger partial charge in [-0.25, -0.2) is 0 Å². The van der Waals surface area contributed by atoms with Crippen LogP contribution in [0.2, 0.25) is 0 Å². The smallest absolute Gasteiger partial charge is 0.196 e. The summed E-state index contributed by atoms with van der Waals surface area (Å²) in [5.74, 6) is 0.886. The quantitative estimate of drug-likeness (QED) is 0.433. The van der Waals surface area contributed by atoms with Crippen molar-refractivity contribution in [1.29, 1.82) is 5.26 Å². The highest BCUT2D eigenvalue weighted by molar-refractivity contribution is 5.26. The largest absolute Gasteiger partial charge is 0.378 e. The second-order valence-electron chi connectivity index (χ2n) is 9.06. The van der Waals surface area contributed by atoms with Gasteiger partial charge in [0, 0.05) is 6.61 Å². The fraction of sp³-hybridized carbons (Fsp3) is 0.654. The molecule has 3 rings (SSSR count). The molecule has 0 atom stereocenters. The van der Waals surface area contributed by atoms with Crippen LogP contribution in [0.5, 0.6) is 0 Å². The summed E-state index contributed by atoms with van der Waals surface area (Å²) in [5.41, 5.74) is 2.97. The third-order valence-corrected chi connectivity index (χ3v) is 6.89. The van der Waals surface area contributed by atoms with E-state index in [-0.39, 0.29) is 5.92 Å². The number of benzene rings is 1. The van der Waals surface area contributed by atoms with Crippen LogP contribution in [-0.2, 0) is 11.2 Å². The monoisotopic (exact) mass is 397 g/mol. The summed E-state index contributed by atoms with van der Waals surface area (Å²) in [6.07, 6.45) is 14.5. The fourth-order valence-electron chi connectivity index (χ4n) is 4.94. The number of hydrogen-bond acceptors (Lipinski definition) is 2. The van der Waals surface area contributed by atoms with E-state index in [2.05, 4.69) is 31.2 Å². The van der Waals surface area contributed by atoms with Gasteiger partial charge in [-0.3, -0.25) is 0 Å². The van der Waals surface area contributed by atoms with Crippen LogP contribution in [0.4, 0.5) is 4.39 Å². The van der Waals surface area contributed by atoms with Crippen LogP contribution in [-0.4, -0.2) is 12.7 Å². The molecule has 158 valence electrons. The van der Waals surface area contributed by atoms with Gasteiger partial charge >= 0.3 is 0 Å². The summed E-state index contributed by atoms with van der Waals surface area (Å²) in [5, 5.41) is 8.57. The Labute approximate surface area is 176 Å². The molecule has 1 aromatic carbocycles. The molecular weight excluding hydrogens is 361 g/mol. The number of hydrogen-bond donors (Lipinski definition) is 0. The topological polar surface area (TPSA) is 33.0 Å². The first-order chi connectivity index (χ1) is 14.2. The minimum atomic E-state index is -0.628. The minimum Gasteiger partial charge on any atom is -0.378 e. The lowest BCUT2D eigenvalue weighted by Gasteiger charge is -2.32. The van der Waals surface area contributed by atoms with Crippen LogP contribution in [0.25, 0.3) is 0 Å².